The van der Waals surface area contributed by atoms with E-state index >= 15 is 0 Å². The summed E-state index contributed by atoms with van der Waals surface area (Å²) in [6, 6.07) is 10.4. The Balaban J connectivity index is 1.65. The van der Waals surface area contributed by atoms with Crippen molar-refractivity contribution >= 4 is 27.7 Å². The lowest BCUT2D eigenvalue weighted by molar-refractivity contribution is -0.136. The second-order valence-electron chi connectivity index (χ2n) is 7.04. The number of piperidine rings is 1. The molecule has 0 saturated carbocycles. The number of benzene rings is 2. The van der Waals surface area contributed by atoms with Crippen LogP contribution in [0.2, 0.25) is 0 Å². The Morgan fingerprint density at radius 3 is 2.71 bits per heavy atom. The molecular formula is C21H21BrF2N2O2. The summed E-state index contributed by atoms with van der Waals surface area (Å²) >= 11 is 3.08. The van der Waals surface area contributed by atoms with Gasteiger partial charge in [-0.25, -0.2) is 8.78 Å². The van der Waals surface area contributed by atoms with Crippen LogP contribution in [0, 0.1) is 17.6 Å². The smallest absolute Gasteiger partial charge is 0.253 e. The van der Waals surface area contributed by atoms with Crippen molar-refractivity contribution in [2.45, 2.75) is 19.4 Å². The molecule has 1 heterocycles. The highest BCUT2D eigenvalue weighted by molar-refractivity contribution is 9.10. The second-order valence-corrected chi connectivity index (χ2v) is 7.90. The summed E-state index contributed by atoms with van der Waals surface area (Å²) in [7, 11) is 1.68. The maximum Gasteiger partial charge on any atom is 0.253 e. The Kier molecular flexibility index (Phi) is 6.44. The lowest BCUT2D eigenvalue weighted by atomic mass is 9.95. The van der Waals surface area contributed by atoms with Gasteiger partial charge in [-0.05, 0) is 64.7 Å². The van der Waals surface area contributed by atoms with Crippen molar-refractivity contribution in [2.75, 3.05) is 20.1 Å². The molecule has 3 rings (SSSR count). The maximum absolute atomic E-state index is 13.7. The highest BCUT2D eigenvalue weighted by Gasteiger charge is 2.30. The predicted octanol–water partition coefficient (Wildman–Crippen LogP) is 4.24. The molecule has 1 aliphatic heterocycles. The van der Waals surface area contributed by atoms with Gasteiger partial charge in [0, 0.05) is 32.2 Å². The van der Waals surface area contributed by atoms with E-state index < -0.39 is 5.82 Å². The van der Waals surface area contributed by atoms with Crippen molar-refractivity contribution in [1.82, 2.24) is 9.80 Å². The van der Waals surface area contributed by atoms with Crippen molar-refractivity contribution in [3.05, 3.63) is 69.7 Å². The van der Waals surface area contributed by atoms with Gasteiger partial charge < -0.3 is 9.80 Å². The van der Waals surface area contributed by atoms with E-state index in [1.54, 1.807) is 35.0 Å². The zero-order valence-corrected chi connectivity index (χ0v) is 17.1. The minimum atomic E-state index is -0.495. The summed E-state index contributed by atoms with van der Waals surface area (Å²) in [6.07, 6.45) is 1.39. The Hall–Kier alpha value is -2.28. The molecule has 4 nitrogen and oxygen atoms in total. The van der Waals surface area contributed by atoms with Crippen molar-refractivity contribution in [3.8, 4) is 0 Å². The molecule has 1 fully saturated rings. The maximum atomic E-state index is 13.7. The van der Waals surface area contributed by atoms with Crippen molar-refractivity contribution in [2.24, 2.45) is 5.92 Å². The van der Waals surface area contributed by atoms with Crippen molar-refractivity contribution in [3.63, 3.8) is 0 Å². The normalized spacial score (nSPS) is 16.7. The van der Waals surface area contributed by atoms with Gasteiger partial charge >= 0.3 is 0 Å². The van der Waals surface area contributed by atoms with Gasteiger partial charge in [-0.15, -0.1) is 0 Å². The monoisotopic (exact) mass is 450 g/mol. The molecule has 0 radical (unpaired) electrons. The van der Waals surface area contributed by atoms with Crippen LogP contribution in [0.3, 0.4) is 0 Å². The largest absolute Gasteiger partial charge is 0.341 e. The molecule has 2 aromatic rings. The first-order valence-corrected chi connectivity index (χ1v) is 9.88. The summed E-state index contributed by atoms with van der Waals surface area (Å²) < 4.78 is 27.4. The fourth-order valence-electron chi connectivity index (χ4n) is 3.47. The summed E-state index contributed by atoms with van der Waals surface area (Å²) in [5.74, 6) is -1.52. The van der Waals surface area contributed by atoms with Crippen molar-refractivity contribution < 1.29 is 18.4 Å². The number of hydrogen-bond acceptors (Lipinski definition) is 2. The van der Waals surface area contributed by atoms with E-state index in [4.69, 9.17) is 0 Å². The summed E-state index contributed by atoms with van der Waals surface area (Å²) in [4.78, 5) is 28.7. The number of amides is 2. The molecule has 1 saturated heterocycles. The number of carbonyl (C=O) groups is 2. The van der Waals surface area contributed by atoms with Crippen LogP contribution in [0.25, 0.3) is 0 Å². The van der Waals surface area contributed by atoms with Crippen LogP contribution in [-0.4, -0.2) is 41.8 Å². The third-order valence-corrected chi connectivity index (χ3v) is 5.55. The highest BCUT2D eigenvalue weighted by atomic mass is 79.9. The predicted molar refractivity (Wildman–Crippen MR) is 106 cm³/mol. The third-order valence-electron chi connectivity index (χ3n) is 4.91. The van der Waals surface area contributed by atoms with Crippen LogP contribution < -0.4 is 0 Å². The van der Waals surface area contributed by atoms with Gasteiger partial charge in [0.05, 0.1) is 10.4 Å². The van der Waals surface area contributed by atoms with Crippen LogP contribution in [0.4, 0.5) is 8.78 Å². The molecule has 7 heteroatoms. The Labute approximate surface area is 171 Å². The van der Waals surface area contributed by atoms with E-state index in [0.29, 0.717) is 42.5 Å². The zero-order valence-electron chi connectivity index (χ0n) is 15.5. The summed E-state index contributed by atoms with van der Waals surface area (Å²) in [5, 5.41) is 0. The van der Waals surface area contributed by atoms with Crippen LogP contribution in [-0.2, 0) is 11.3 Å². The number of halogens is 3. The van der Waals surface area contributed by atoms with Crippen molar-refractivity contribution in [1.29, 1.82) is 0 Å². The summed E-state index contributed by atoms with van der Waals surface area (Å²) in [6.45, 7) is 1.13. The Morgan fingerprint density at radius 2 is 2.00 bits per heavy atom. The number of likely N-dealkylation sites (tertiary alicyclic amines) is 1. The fourth-order valence-corrected chi connectivity index (χ4v) is 3.72. The molecule has 0 spiro atoms. The second kappa shape index (κ2) is 8.82. The van der Waals surface area contributed by atoms with E-state index in [1.807, 2.05) is 0 Å². The van der Waals surface area contributed by atoms with Crippen LogP contribution in [0.15, 0.2) is 46.9 Å². The SMILES string of the molecule is CN(Cc1cccc(F)c1)C(=O)C1CCCN(C(=O)c2ccc(Br)c(F)c2)C1. The van der Waals surface area contributed by atoms with Gasteiger partial charge in [-0.3, -0.25) is 9.59 Å². The minimum Gasteiger partial charge on any atom is -0.341 e. The Morgan fingerprint density at radius 1 is 1.21 bits per heavy atom. The average molecular weight is 451 g/mol. The average Bonchev–Trinajstić information content (AvgIpc) is 2.69. The van der Waals surface area contributed by atoms with Gasteiger partial charge in [0.2, 0.25) is 5.91 Å². The molecule has 148 valence electrons. The molecular weight excluding hydrogens is 430 g/mol. The molecule has 1 unspecified atom stereocenters. The molecule has 1 atom stereocenters. The number of nitrogens with zero attached hydrogens (tertiary/aromatic N) is 2. The van der Waals surface area contributed by atoms with Crippen LogP contribution >= 0.6 is 15.9 Å². The van der Waals surface area contributed by atoms with E-state index in [2.05, 4.69) is 15.9 Å². The molecule has 28 heavy (non-hydrogen) atoms. The third kappa shape index (κ3) is 4.76. The lowest BCUT2D eigenvalue weighted by Crippen LogP contribution is -2.45. The van der Waals surface area contributed by atoms with Crippen LogP contribution in [0.1, 0.15) is 28.8 Å². The van der Waals surface area contributed by atoms with E-state index in [-0.39, 0.29) is 29.1 Å². The first-order chi connectivity index (χ1) is 13.3. The van der Waals surface area contributed by atoms with Gasteiger partial charge in [-0.1, -0.05) is 12.1 Å². The van der Waals surface area contributed by atoms with E-state index in [1.165, 1.54) is 24.3 Å². The van der Waals surface area contributed by atoms with Gasteiger partial charge in [0.25, 0.3) is 5.91 Å². The fraction of sp³-hybridized carbons (Fsp3) is 0.333. The first-order valence-electron chi connectivity index (χ1n) is 9.09. The van der Waals surface area contributed by atoms with E-state index in [9.17, 15) is 18.4 Å². The molecule has 0 aromatic heterocycles. The molecule has 2 amide bonds. The lowest BCUT2D eigenvalue weighted by Gasteiger charge is -2.34. The minimum absolute atomic E-state index is 0.0799. The molecule has 0 aliphatic carbocycles. The number of rotatable bonds is 4. The van der Waals surface area contributed by atoms with Gasteiger partial charge in [-0.2, -0.15) is 0 Å². The molecule has 1 aliphatic rings. The quantitative estimate of drug-likeness (QED) is 0.698. The Bertz CT molecular complexity index is 890. The molecule has 0 N–H and O–H groups in total. The standard InChI is InChI=1S/C21H21BrF2N2O2/c1-25(12-14-4-2-6-17(23)10-14)20(27)16-5-3-9-26(13-16)21(28)15-7-8-18(22)19(24)11-15/h2,4,6-8,10-11,16H,3,5,9,12-13H2,1H3. The first kappa shape index (κ1) is 20.5. The zero-order chi connectivity index (χ0) is 20.3. The van der Waals surface area contributed by atoms with Crippen LogP contribution in [0.5, 0.6) is 0 Å². The molecule has 2 aromatic carbocycles. The van der Waals surface area contributed by atoms with Gasteiger partial charge in [0.15, 0.2) is 0 Å². The number of carbonyl (C=O) groups excluding carboxylic acids is 2. The number of hydrogen-bond donors (Lipinski definition) is 0. The summed E-state index contributed by atoms with van der Waals surface area (Å²) in [5.41, 5.74) is 0.979. The molecule has 0 bridgehead atoms. The highest BCUT2D eigenvalue weighted by Crippen LogP contribution is 2.23. The topological polar surface area (TPSA) is 40.6 Å². The van der Waals surface area contributed by atoms with E-state index in [0.717, 1.165) is 0 Å². The van der Waals surface area contributed by atoms with Gasteiger partial charge in [0.1, 0.15) is 11.6 Å².